The minimum atomic E-state index is -0.228. The van der Waals surface area contributed by atoms with Crippen LogP contribution in [0, 0.1) is 6.92 Å². The number of aromatic nitrogens is 2. The summed E-state index contributed by atoms with van der Waals surface area (Å²) < 4.78 is 10.5. The van der Waals surface area contributed by atoms with Crippen LogP contribution in [-0.4, -0.2) is 30.1 Å². The van der Waals surface area contributed by atoms with Gasteiger partial charge in [0.2, 0.25) is 5.95 Å². The van der Waals surface area contributed by atoms with Crippen molar-refractivity contribution in [3.8, 4) is 11.5 Å². The first-order valence-corrected chi connectivity index (χ1v) is 8.74. The van der Waals surface area contributed by atoms with Crippen LogP contribution in [0.5, 0.6) is 11.5 Å². The van der Waals surface area contributed by atoms with Crippen molar-refractivity contribution < 1.29 is 14.3 Å². The highest BCUT2D eigenvalue weighted by Crippen LogP contribution is 2.30. The molecule has 1 heterocycles. The molecule has 0 aliphatic rings. The van der Waals surface area contributed by atoms with Crippen molar-refractivity contribution in [2.45, 2.75) is 13.5 Å². The Morgan fingerprint density at radius 2 is 1.79 bits per heavy atom. The topological polar surface area (TPSA) is 85.4 Å². The third-order valence-electron chi connectivity index (χ3n) is 4.27. The third-order valence-corrected chi connectivity index (χ3v) is 4.27. The number of hydrogen-bond acceptors (Lipinski definition) is 6. The molecule has 0 fully saturated rings. The summed E-state index contributed by atoms with van der Waals surface area (Å²) in [6.07, 6.45) is 2.96. The Balaban J connectivity index is 1.66. The van der Waals surface area contributed by atoms with Gasteiger partial charge >= 0.3 is 0 Å². The van der Waals surface area contributed by atoms with E-state index in [2.05, 4.69) is 20.6 Å². The first-order valence-electron chi connectivity index (χ1n) is 8.74. The molecule has 0 atom stereocenters. The standard InChI is InChI=1S/C21H22N4O3/c1-14-6-4-5-7-15(14)11-22-20(26)16-12-23-21(24-13-16)25-18-10-17(27-2)8-9-19(18)28-3/h4-10,12-13H,11H2,1-3H3,(H,22,26)(H,23,24,25). The molecule has 0 saturated carbocycles. The molecular weight excluding hydrogens is 356 g/mol. The monoisotopic (exact) mass is 378 g/mol. The van der Waals surface area contributed by atoms with Crippen LogP contribution in [0.1, 0.15) is 21.5 Å². The lowest BCUT2D eigenvalue weighted by molar-refractivity contribution is 0.0950. The van der Waals surface area contributed by atoms with E-state index in [4.69, 9.17) is 9.47 Å². The summed E-state index contributed by atoms with van der Waals surface area (Å²) in [5, 5.41) is 5.95. The molecule has 0 bridgehead atoms. The second-order valence-electron chi connectivity index (χ2n) is 6.10. The normalized spacial score (nSPS) is 10.2. The highest BCUT2D eigenvalue weighted by molar-refractivity contribution is 5.93. The number of aryl methyl sites for hydroxylation is 1. The van der Waals surface area contributed by atoms with Crippen LogP contribution in [0.2, 0.25) is 0 Å². The van der Waals surface area contributed by atoms with Gasteiger partial charge in [-0.1, -0.05) is 24.3 Å². The second-order valence-corrected chi connectivity index (χ2v) is 6.10. The molecule has 3 aromatic rings. The second kappa shape index (κ2) is 8.85. The fraction of sp³-hybridized carbons (Fsp3) is 0.190. The van der Waals surface area contributed by atoms with Gasteiger partial charge < -0.3 is 20.1 Å². The molecule has 0 unspecified atom stereocenters. The number of ether oxygens (including phenoxy) is 2. The summed E-state index contributed by atoms with van der Waals surface area (Å²) in [4.78, 5) is 20.8. The summed E-state index contributed by atoms with van der Waals surface area (Å²) in [5.41, 5.74) is 3.25. The molecule has 2 N–H and O–H groups in total. The van der Waals surface area contributed by atoms with Gasteiger partial charge in [-0.2, -0.15) is 0 Å². The number of benzene rings is 2. The molecule has 0 saturated heterocycles. The van der Waals surface area contributed by atoms with Crippen LogP contribution >= 0.6 is 0 Å². The van der Waals surface area contributed by atoms with E-state index in [1.165, 1.54) is 12.4 Å². The zero-order valence-corrected chi connectivity index (χ0v) is 16.0. The number of methoxy groups -OCH3 is 2. The van der Waals surface area contributed by atoms with Gasteiger partial charge in [0.05, 0.1) is 25.5 Å². The Labute approximate surface area is 163 Å². The number of carbonyl (C=O) groups is 1. The Hall–Kier alpha value is -3.61. The average molecular weight is 378 g/mol. The lowest BCUT2D eigenvalue weighted by Crippen LogP contribution is -2.23. The average Bonchev–Trinajstić information content (AvgIpc) is 2.73. The molecule has 2 aromatic carbocycles. The van der Waals surface area contributed by atoms with E-state index >= 15 is 0 Å². The molecule has 3 rings (SSSR count). The number of rotatable bonds is 7. The van der Waals surface area contributed by atoms with E-state index in [0.717, 1.165) is 11.1 Å². The fourth-order valence-electron chi connectivity index (χ4n) is 2.63. The van der Waals surface area contributed by atoms with E-state index in [0.29, 0.717) is 35.2 Å². The van der Waals surface area contributed by atoms with E-state index < -0.39 is 0 Å². The summed E-state index contributed by atoms with van der Waals surface area (Å²) >= 11 is 0. The van der Waals surface area contributed by atoms with Gasteiger partial charge in [0.15, 0.2) is 0 Å². The minimum Gasteiger partial charge on any atom is -0.497 e. The van der Waals surface area contributed by atoms with E-state index in [9.17, 15) is 4.79 Å². The lowest BCUT2D eigenvalue weighted by Gasteiger charge is -2.12. The lowest BCUT2D eigenvalue weighted by atomic mass is 10.1. The maximum Gasteiger partial charge on any atom is 0.254 e. The third kappa shape index (κ3) is 4.56. The van der Waals surface area contributed by atoms with Gasteiger partial charge in [0.1, 0.15) is 11.5 Å². The van der Waals surface area contributed by atoms with Crippen molar-refractivity contribution in [3.63, 3.8) is 0 Å². The van der Waals surface area contributed by atoms with Crippen molar-refractivity contribution in [3.05, 3.63) is 71.5 Å². The van der Waals surface area contributed by atoms with Crippen LogP contribution in [-0.2, 0) is 6.54 Å². The SMILES string of the molecule is COc1ccc(OC)c(Nc2ncc(C(=O)NCc3ccccc3C)cn2)c1. The Morgan fingerprint density at radius 3 is 2.46 bits per heavy atom. The summed E-state index contributed by atoms with van der Waals surface area (Å²) in [6.45, 7) is 2.46. The smallest absolute Gasteiger partial charge is 0.254 e. The van der Waals surface area contributed by atoms with Crippen molar-refractivity contribution >= 4 is 17.5 Å². The Kier molecular flexibility index (Phi) is 6.06. The number of anilines is 2. The molecule has 0 spiro atoms. The number of nitrogens with zero attached hydrogens (tertiary/aromatic N) is 2. The summed E-state index contributed by atoms with van der Waals surface area (Å²) in [7, 11) is 3.17. The first-order chi connectivity index (χ1) is 13.6. The zero-order chi connectivity index (χ0) is 19.9. The predicted octanol–water partition coefficient (Wildman–Crippen LogP) is 3.48. The number of carbonyl (C=O) groups excluding carboxylic acids is 1. The minimum absolute atomic E-state index is 0.228. The largest absolute Gasteiger partial charge is 0.497 e. The molecule has 28 heavy (non-hydrogen) atoms. The molecule has 0 aliphatic heterocycles. The summed E-state index contributed by atoms with van der Waals surface area (Å²) in [5.74, 6) is 1.43. The van der Waals surface area contributed by atoms with Crippen molar-refractivity contribution in [2.75, 3.05) is 19.5 Å². The predicted molar refractivity (Wildman–Crippen MR) is 107 cm³/mol. The van der Waals surface area contributed by atoms with Gasteiger partial charge in [-0.05, 0) is 30.2 Å². The van der Waals surface area contributed by atoms with Crippen molar-refractivity contribution in [1.82, 2.24) is 15.3 Å². The molecule has 0 aliphatic carbocycles. The van der Waals surface area contributed by atoms with Crippen LogP contribution < -0.4 is 20.1 Å². The maximum atomic E-state index is 12.3. The highest BCUT2D eigenvalue weighted by Gasteiger charge is 2.10. The quantitative estimate of drug-likeness (QED) is 0.655. The molecule has 1 amide bonds. The molecule has 7 heteroatoms. The first kappa shape index (κ1) is 19.2. The van der Waals surface area contributed by atoms with Gasteiger partial charge in [0.25, 0.3) is 5.91 Å². The van der Waals surface area contributed by atoms with Crippen LogP contribution in [0.3, 0.4) is 0 Å². The molecular formula is C21H22N4O3. The molecule has 1 aromatic heterocycles. The van der Waals surface area contributed by atoms with E-state index in [1.54, 1.807) is 32.4 Å². The zero-order valence-electron chi connectivity index (χ0n) is 16.0. The molecule has 144 valence electrons. The van der Waals surface area contributed by atoms with Gasteiger partial charge in [-0.15, -0.1) is 0 Å². The summed E-state index contributed by atoms with van der Waals surface area (Å²) in [6, 6.07) is 13.3. The van der Waals surface area contributed by atoms with Gasteiger partial charge in [-0.3, -0.25) is 4.79 Å². The highest BCUT2D eigenvalue weighted by atomic mass is 16.5. The number of amides is 1. The van der Waals surface area contributed by atoms with Crippen LogP contribution in [0.25, 0.3) is 0 Å². The number of nitrogens with one attached hydrogen (secondary N) is 2. The van der Waals surface area contributed by atoms with Crippen molar-refractivity contribution in [1.29, 1.82) is 0 Å². The van der Waals surface area contributed by atoms with Gasteiger partial charge in [0, 0.05) is 25.0 Å². The van der Waals surface area contributed by atoms with Crippen LogP contribution in [0.4, 0.5) is 11.6 Å². The molecule has 7 nitrogen and oxygen atoms in total. The van der Waals surface area contributed by atoms with Gasteiger partial charge in [-0.25, -0.2) is 9.97 Å². The maximum absolute atomic E-state index is 12.3. The Bertz CT molecular complexity index is 958. The van der Waals surface area contributed by atoms with Crippen LogP contribution in [0.15, 0.2) is 54.9 Å². The van der Waals surface area contributed by atoms with Crippen molar-refractivity contribution in [2.24, 2.45) is 0 Å². The van der Waals surface area contributed by atoms with E-state index in [1.807, 2.05) is 31.2 Å². The number of hydrogen-bond donors (Lipinski definition) is 2. The van der Waals surface area contributed by atoms with E-state index in [-0.39, 0.29) is 5.91 Å². The Morgan fingerprint density at radius 1 is 1.04 bits per heavy atom. The fourth-order valence-corrected chi connectivity index (χ4v) is 2.63. The molecule has 0 radical (unpaired) electrons.